The summed E-state index contributed by atoms with van der Waals surface area (Å²) < 4.78 is 0. The number of anilines is 1. The maximum Gasteiger partial charge on any atom is 0.0409 e. The van der Waals surface area contributed by atoms with Crippen molar-refractivity contribution in [1.82, 2.24) is 0 Å². The van der Waals surface area contributed by atoms with E-state index in [1.165, 1.54) is 22.4 Å². The largest absolute Gasteiger partial charge is 0.381 e. The fraction of sp³-hybridized carbons (Fsp3) is 0.200. The lowest BCUT2D eigenvalue weighted by Gasteiger charge is -2.10. The average Bonchev–Trinajstić information content (AvgIpc) is 2.28. The molecule has 1 nitrogen and oxygen atoms in total. The molecule has 0 atom stereocenters. The first-order valence-corrected chi connectivity index (χ1v) is 6.08. The Morgan fingerprint density at radius 1 is 1.06 bits per heavy atom. The third kappa shape index (κ3) is 3.24. The summed E-state index contributed by atoms with van der Waals surface area (Å²) in [6.07, 6.45) is 0. The van der Waals surface area contributed by atoms with Gasteiger partial charge in [-0.2, -0.15) is 0 Å². The molecule has 0 aliphatic heterocycles. The van der Waals surface area contributed by atoms with Crippen molar-refractivity contribution < 1.29 is 0 Å². The van der Waals surface area contributed by atoms with E-state index in [1.807, 2.05) is 18.2 Å². The molecule has 0 saturated carbocycles. The van der Waals surface area contributed by atoms with E-state index >= 15 is 0 Å². The van der Waals surface area contributed by atoms with Crippen LogP contribution in [0.2, 0.25) is 5.02 Å². The second-order valence-electron chi connectivity index (χ2n) is 4.30. The van der Waals surface area contributed by atoms with Crippen molar-refractivity contribution in [2.45, 2.75) is 20.4 Å². The summed E-state index contributed by atoms with van der Waals surface area (Å²) >= 11 is 5.95. The van der Waals surface area contributed by atoms with Crippen LogP contribution in [0, 0.1) is 13.8 Å². The fourth-order valence-corrected chi connectivity index (χ4v) is 2.07. The van der Waals surface area contributed by atoms with Gasteiger partial charge >= 0.3 is 0 Å². The molecule has 0 radical (unpaired) electrons. The zero-order valence-electron chi connectivity index (χ0n) is 10.1. The van der Waals surface area contributed by atoms with Gasteiger partial charge in [-0.15, -0.1) is 0 Å². The van der Waals surface area contributed by atoms with E-state index in [0.29, 0.717) is 0 Å². The molecule has 1 N–H and O–H groups in total. The van der Waals surface area contributed by atoms with Gasteiger partial charge in [0.2, 0.25) is 0 Å². The van der Waals surface area contributed by atoms with Gasteiger partial charge in [-0.1, -0.05) is 41.4 Å². The molecule has 2 aromatic carbocycles. The maximum atomic E-state index is 5.95. The Morgan fingerprint density at radius 3 is 2.59 bits per heavy atom. The van der Waals surface area contributed by atoms with Crippen molar-refractivity contribution >= 4 is 17.3 Å². The Balaban J connectivity index is 2.07. The number of hydrogen-bond donors (Lipinski definition) is 1. The molecule has 2 rings (SSSR count). The van der Waals surface area contributed by atoms with Crippen molar-refractivity contribution in [3.8, 4) is 0 Å². The van der Waals surface area contributed by atoms with Crippen molar-refractivity contribution in [2.75, 3.05) is 5.32 Å². The standard InChI is InChI=1S/C15H16ClN/c1-11-6-7-15(12(2)8-11)17-10-13-4-3-5-14(16)9-13/h3-9,17H,10H2,1-2H3. The number of aryl methyl sites for hydroxylation is 2. The first kappa shape index (κ1) is 12.0. The first-order valence-electron chi connectivity index (χ1n) is 5.71. The van der Waals surface area contributed by atoms with Gasteiger partial charge in [0.1, 0.15) is 0 Å². The van der Waals surface area contributed by atoms with E-state index in [2.05, 4.69) is 43.4 Å². The minimum absolute atomic E-state index is 0.782. The van der Waals surface area contributed by atoms with Crippen LogP contribution in [0.15, 0.2) is 42.5 Å². The predicted molar refractivity (Wildman–Crippen MR) is 74.7 cm³/mol. The smallest absolute Gasteiger partial charge is 0.0409 e. The van der Waals surface area contributed by atoms with Crippen LogP contribution in [-0.2, 0) is 6.54 Å². The number of benzene rings is 2. The maximum absolute atomic E-state index is 5.95. The summed E-state index contributed by atoms with van der Waals surface area (Å²) in [5.74, 6) is 0. The van der Waals surface area contributed by atoms with Crippen molar-refractivity contribution in [3.63, 3.8) is 0 Å². The van der Waals surface area contributed by atoms with Crippen LogP contribution in [-0.4, -0.2) is 0 Å². The molecule has 0 aromatic heterocycles. The Bertz CT molecular complexity index is 520. The van der Waals surface area contributed by atoms with Gasteiger partial charge in [-0.05, 0) is 43.2 Å². The van der Waals surface area contributed by atoms with Crippen molar-refractivity contribution in [2.24, 2.45) is 0 Å². The van der Waals surface area contributed by atoms with Crippen LogP contribution < -0.4 is 5.32 Å². The molecule has 0 unspecified atom stereocenters. The summed E-state index contributed by atoms with van der Waals surface area (Å²) in [4.78, 5) is 0. The van der Waals surface area contributed by atoms with Crippen LogP contribution in [0.4, 0.5) is 5.69 Å². The molecule has 0 aliphatic rings. The molecule has 0 aliphatic carbocycles. The highest BCUT2D eigenvalue weighted by atomic mass is 35.5. The Morgan fingerprint density at radius 2 is 1.88 bits per heavy atom. The van der Waals surface area contributed by atoms with Crippen LogP contribution in [0.1, 0.15) is 16.7 Å². The van der Waals surface area contributed by atoms with Gasteiger partial charge in [0, 0.05) is 17.3 Å². The summed E-state index contributed by atoms with van der Waals surface area (Å²) in [6.45, 7) is 5.02. The van der Waals surface area contributed by atoms with Crippen molar-refractivity contribution in [1.29, 1.82) is 0 Å². The monoisotopic (exact) mass is 245 g/mol. The minimum atomic E-state index is 0.782. The van der Waals surface area contributed by atoms with Gasteiger partial charge in [0.05, 0.1) is 0 Å². The molecule has 0 saturated heterocycles. The van der Waals surface area contributed by atoms with Gasteiger partial charge < -0.3 is 5.32 Å². The molecule has 0 bridgehead atoms. The van der Waals surface area contributed by atoms with Gasteiger partial charge in [0.25, 0.3) is 0 Å². The number of hydrogen-bond acceptors (Lipinski definition) is 1. The van der Waals surface area contributed by atoms with E-state index in [4.69, 9.17) is 11.6 Å². The van der Waals surface area contributed by atoms with E-state index in [-0.39, 0.29) is 0 Å². The Kier molecular flexibility index (Phi) is 3.70. The second kappa shape index (κ2) is 5.24. The SMILES string of the molecule is Cc1ccc(NCc2cccc(Cl)c2)c(C)c1. The molecule has 2 heteroatoms. The Hall–Kier alpha value is -1.47. The second-order valence-corrected chi connectivity index (χ2v) is 4.74. The third-order valence-electron chi connectivity index (χ3n) is 2.75. The quantitative estimate of drug-likeness (QED) is 0.835. The molecule has 17 heavy (non-hydrogen) atoms. The van der Waals surface area contributed by atoms with Crippen LogP contribution in [0.25, 0.3) is 0 Å². The summed E-state index contributed by atoms with van der Waals surface area (Å²) in [7, 11) is 0. The zero-order chi connectivity index (χ0) is 12.3. The van der Waals surface area contributed by atoms with Gasteiger partial charge in [-0.3, -0.25) is 0 Å². The summed E-state index contributed by atoms with van der Waals surface area (Å²) in [5.41, 5.74) is 4.93. The van der Waals surface area contributed by atoms with Gasteiger partial charge in [-0.25, -0.2) is 0 Å². The van der Waals surface area contributed by atoms with Crippen LogP contribution in [0.5, 0.6) is 0 Å². The average molecular weight is 246 g/mol. The van der Waals surface area contributed by atoms with E-state index in [1.54, 1.807) is 0 Å². The normalized spacial score (nSPS) is 10.3. The van der Waals surface area contributed by atoms with E-state index < -0.39 is 0 Å². The highest BCUT2D eigenvalue weighted by Gasteiger charge is 1.99. The molecular weight excluding hydrogens is 230 g/mol. The van der Waals surface area contributed by atoms with Crippen LogP contribution >= 0.6 is 11.6 Å². The highest BCUT2D eigenvalue weighted by molar-refractivity contribution is 6.30. The predicted octanol–water partition coefficient (Wildman–Crippen LogP) is 4.57. The van der Waals surface area contributed by atoms with Gasteiger partial charge in [0.15, 0.2) is 0 Å². The van der Waals surface area contributed by atoms with Crippen LogP contribution in [0.3, 0.4) is 0 Å². The minimum Gasteiger partial charge on any atom is -0.381 e. The highest BCUT2D eigenvalue weighted by Crippen LogP contribution is 2.18. The first-order chi connectivity index (χ1) is 8.15. The lowest BCUT2D eigenvalue weighted by atomic mass is 10.1. The van der Waals surface area contributed by atoms with Crippen molar-refractivity contribution in [3.05, 3.63) is 64.2 Å². The molecular formula is C15H16ClN. The van der Waals surface area contributed by atoms with E-state index in [0.717, 1.165) is 11.6 Å². The topological polar surface area (TPSA) is 12.0 Å². The fourth-order valence-electron chi connectivity index (χ4n) is 1.86. The Labute approximate surface area is 107 Å². The number of halogens is 1. The zero-order valence-corrected chi connectivity index (χ0v) is 10.9. The number of nitrogens with one attached hydrogen (secondary N) is 1. The molecule has 2 aromatic rings. The molecule has 0 fully saturated rings. The summed E-state index contributed by atoms with van der Waals surface area (Å²) in [6, 6.07) is 14.3. The lowest BCUT2D eigenvalue weighted by Crippen LogP contribution is -2.01. The lowest BCUT2D eigenvalue weighted by molar-refractivity contribution is 1.14. The molecule has 0 heterocycles. The summed E-state index contributed by atoms with van der Waals surface area (Å²) in [5, 5.41) is 4.21. The molecule has 0 amide bonds. The third-order valence-corrected chi connectivity index (χ3v) is 2.99. The van der Waals surface area contributed by atoms with E-state index in [9.17, 15) is 0 Å². The number of rotatable bonds is 3. The molecule has 88 valence electrons. The molecule has 0 spiro atoms.